The number of fused-ring (bicyclic) bond motifs is 2. The first-order valence-corrected chi connectivity index (χ1v) is 14.4. The zero-order chi connectivity index (χ0) is 26.4. The van der Waals surface area contributed by atoms with Crippen LogP contribution in [-0.4, -0.2) is 38.9 Å². The molecular formula is C27H27FI2N6O. The average molecular weight is 724 g/mol. The summed E-state index contributed by atoms with van der Waals surface area (Å²) < 4.78 is 19.1. The van der Waals surface area contributed by atoms with E-state index in [2.05, 4.69) is 38.7 Å². The number of aliphatic imine (C=N–C) groups is 1. The number of nitrogens with two attached hydrogens (primary N) is 1. The molecule has 7 nitrogen and oxygen atoms in total. The van der Waals surface area contributed by atoms with E-state index >= 15 is 4.39 Å². The summed E-state index contributed by atoms with van der Waals surface area (Å²) in [4.78, 5) is 19.6. The van der Waals surface area contributed by atoms with E-state index in [-0.39, 0.29) is 40.8 Å². The van der Waals surface area contributed by atoms with E-state index in [0.29, 0.717) is 27.2 Å². The van der Waals surface area contributed by atoms with Gasteiger partial charge in [0.25, 0.3) is 0 Å². The number of rotatable bonds is 5. The lowest BCUT2D eigenvalue weighted by Gasteiger charge is -2.44. The molecule has 0 radical (unpaired) electrons. The van der Waals surface area contributed by atoms with Crippen molar-refractivity contribution in [2.75, 3.05) is 6.54 Å². The minimum atomic E-state index is -0.406. The van der Waals surface area contributed by atoms with Gasteiger partial charge in [0.2, 0.25) is 5.43 Å². The maximum Gasteiger partial charge on any atom is 0.226 e. The predicted octanol–water partition coefficient (Wildman–Crippen LogP) is 5.41. The first-order valence-electron chi connectivity index (χ1n) is 12.2. The van der Waals surface area contributed by atoms with Crippen LogP contribution < -0.4 is 11.2 Å². The van der Waals surface area contributed by atoms with Gasteiger partial charge in [0, 0.05) is 25.5 Å². The SMILES string of the molecule is CC(C)C(N)=Nc1c2n(ncc1=O)[C@@H]([C@H](c1cccc(I)c1)c1cccc(I)c1F)[C@H]1CCCN1C2=N. The Bertz CT molecular complexity index is 1470. The van der Waals surface area contributed by atoms with Crippen molar-refractivity contribution < 1.29 is 4.39 Å². The standard InChI is InChI=1S/C27H27FI2N6O/c1-14(2)26(31)34-23-20(37)13-33-36-24(19-10-5-11-35(19)27(32)25(23)36)21(15-6-3-7-16(29)12-15)17-8-4-9-18(30)22(17)28/h3-4,6-9,12-14,19,21,24,32H,5,10-11H2,1-2H3,(H2,31,34)/t19-,21-,24-/m1/s1. The normalized spacial score (nSPS) is 20.2. The van der Waals surface area contributed by atoms with Crippen LogP contribution in [0.25, 0.3) is 0 Å². The number of nitrogens with one attached hydrogen (secondary N) is 1. The van der Waals surface area contributed by atoms with Crippen molar-refractivity contribution in [3.63, 3.8) is 0 Å². The van der Waals surface area contributed by atoms with Crippen molar-refractivity contribution in [1.29, 1.82) is 5.41 Å². The molecule has 5 rings (SSSR count). The fraction of sp³-hybridized carbons (Fsp3) is 0.333. The van der Waals surface area contributed by atoms with E-state index < -0.39 is 5.92 Å². The number of halogens is 3. The molecule has 10 heteroatoms. The first kappa shape index (κ1) is 26.3. The monoisotopic (exact) mass is 724 g/mol. The molecular weight excluding hydrogens is 697 g/mol. The molecule has 1 saturated heterocycles. The van der Waals surface area contributed by atoms with E-state index in [9.17, 15) is 4.79 Å². The number of aromatic nitrogens is 2. The van der Waals surface area contributed by atoms with Crippen LogP contribution in [0.15, 0.2) is 58.4 Å². The van der Waals surface area contributed by atoms with Gasteiger partial charge in [0.1, 0.15) is 28.9 Å². The van der Waals surface area contributed by atoms with Crippen LogP contribution in [0.3, 0.4) is 0 Å². The molecule has 1 fully saturated rings. The Labute approximate surface area is 242 Å². The fourth-order valence-corrected chi connectivity index (χ4v) is 6.47. The van der Waals surface area contributed by atoms with Crippen LogP contribution in [0.2, 0.25) is 0 Å². The van der Waals surface area contributed by atoms with Gasteiger partial charge in [-0.15, -0.1) is 0 Å². The molecule has 0 bridgehead atoms. The Hall–Kier alpha value is -2.35. The summed E-state index contributed by atoms with van der Waals surface area (Å²) in [6.45, 7) is 4.49. The van der Waals surface area contributed by atoms with Crippen LogP contribution in [-0.2, 0) is 0 Å². The molecule has 2 aliphatic rings. The smallest absolute Gasteiger partial charge is 0.226 e. The van der Waals surface area contributed by atoms with Gasteiger partial charge in [0.05, 0.1) is 18.3 Å². The lowest BCUT2D eigenvalue weighted by atomic mass is 9.79. The van der Waals surface area contributed by atoms with Crippen molar-refractivity contribution in [2.24, 2.45) is 16.6 Å². The van der Waals surface area contributed by atoms with E-state index in [1.54, 1.807) is 10.7 Å². The maximum absolute atomic E-state index is 15.8. The lowest BCUT2D eigenvalue weighted by Crippen LogP contribution is -2.51. The number of hydrogen-bond donors (Lipinski definition) is 2. The average Bonchev–Trinajstić information content (AvgIpc) is 3.35. The van der Waals surface area contributed by atoms with E-state index in [0.717, 1.165) is 22.0 Å². The molecule has 37 heavy (non-hydrogen) atoms. The number of nitrogens with zero attached hydrogens (tertiary/aromatic N) is 4. The lowest BCUT2D eigenvalue weighted by molar-refractivity contribution is 0.215. The molecule has 0 unspecified atom stereocenters. The number of benzene rings is 2. The zero-order valence-electron chi connectivity index (χ0n) is 20.5. The second-order valence-corrected chi connectivity index (χ2v) is 12.2. The molecule has 3 atom stereocenters. The van der Waals surface area contributed by atoms with Gasteiger partial charge in [-0.05, 0) is 87.3 Å². The molecule has 2 aromatic carbocycles. The van der Waals surface area contributed by atoms with Crippen molar-refractivity contribution in [3.05, 3.63) is 88.7 Å². The molecule has 0 aliphatic carbocycles. The Morgan fingerprint density at radius 1 is 1.24 bits per heavy atom. The summed E-state index contributed by atoms with van der Waals surface area (Å²) in [6.07, 6.45) is 2.97. The minimum Gasteiger partial charge on any atom is -0.387 e. The number of amidine groups is 2. The summed E-state index contributed by atoms with van der Waals surface area (Å²) in [6, 6.07) is 13.1. The maximum atomic E-state index is 15.8. The molecule has 3 N–H and O–H groups in total. The molecule has 3 heterocycles. The predicted molar refractivity (Wildman–Crippen MR) is 160 cm³/mol. The molecule has 192 valence electrons. The topological polar surface area (TPSA) is 100 Å². The van der Waals surface area contributed by atoms with E-state index in [1.165, 1.54) is 6.20 Å². The highest BCUT2D eigenvalue weighted by atomic mass is 127. The van der Waals surface area contributed by atoms with Crippen molar-refractivity contribution >= 4 is 62.5 Å². The summed E-state index contributed by atoms with van der Waals surface area (Å²) in [5, 5.41) is 13.6. The summed E-state index contributed by atoms with van der Waals surface area (Å²) in [5.41, 5.74) is 7.76. The van der Waals surface area contributed by atoms with Gasteiger partial charge in [-0.1, -0.05) is 38.1 Å². The van der Waals surface area contributed by atoms with Gasteiger partial charge in [-0.2, -0.15) is 5.10 Å². The third-order valence-corrected chi connectivity index (χ3v) is 8.68. The second kappa shape index (κ2) is 10.4. The molecule has 2 aliphatic heterocycles. The second-order valence-electron chi connectivity index (χ2n) is 9.76. The molecule has 0 spiro atoms. The fourth-order valence-electron chi connectivity index (χ4n) is 5.38. The number of hydrogen-bond acceptors (Lipinski definition) is 4. The third kappa shape index (κ3) is 4.70. The molecule has 3 aromatic rings. The van der Waals surface area contributed by atoms with Crippen molar-refractivity contribution in [2.45, 2.75) is 44.7 Å². The highest BCUT2D eigenvalue weighted by Gasteiger charge is 2.47. The molecule has 0 amide bonds. The van der Waals surface area contributed by atoms with Crippen molar-refractivity contribution in [3.8, 4) is 0 Å². The van der Waals surface area contributed by atoms with E-state index in [1.807, 2.05) is 71.7 Å². The summed E-state index contributed by atoms with van der Waals surface area (Å²) >= 11 is 4.30. The summed E-state index contributed by atoms with van der Waals surface area (Å²) in [7, 11) is 0. The first-order chi connectivity index (χ1) is 17.7. The van der Waals surface area contributed by atoms with Gasteiger partial charge in [-0.25, -0.2) is 9.38 Å². The Morgan fingerprint density at radius 3 is 2.73 bits per heavy atom. The van der Waals surface area contributed by atoms with Gasteiger partial charge < -0.3 is 10.6 Å². The van der Waals surface area contributed by atoms with Gasteiger partial charge >= 0.3 is 0 Å². The minimum absolute atomic E-state index is 0.0686. The third-order valence-electron chi connectivity index (χ3n) is 7.17. The highest BCUT2D eigenvalue weighted by molar-refractivity contribution is 14.1. The Morgan fingerprint density at radius 2 is 2.00 bits per heavy atom. The van der Waals surface area contributed by atoms with Crippen LogP contribution in [0.4, 0.5) is 10.1 Å². The Kier molecular flexibility index (Phi) is 7.40. The zero-order valence-corrected chi connectivity index (χ0v) is 24.8. The van der Waals surface area contributed by atoms with Crippen molar-refractivity contribution in [1.82, 2.24) is 14.7 Å². The van der Waals surface area contributed by atoms with Crippen LogP contribution in [0, 0.1) is 24.3 Å². The van der Waals surface area contributed by atoms with Gasteiger partial charge in [0.15, 0.2) is 0 Å². The Balaban J connectivity index is 1.83. The van der Waals surface area contributed by atoms with E-state index in [4.69, 9.17) is 11.1 Å². The molecule has 1 aromatic heterocycles. The summed E-state index contributed by atoms with van der Waals surface area (Å²) in [5.74, 6) is -0.209. The highest BCUT2D eigenvalue weighted by Crippen LogP contribution is 2.46. The van der Waals surface area contributed by atoms with Gasteiger partial charge in [-0.3, -0.25) is 14.9 Å². The quantitative estimate of drug-likeness (QED) is 0.209. The van der Waals surface area contributed by atoms with Crippen LogP contribution in [0.5, 0.6) is 0 Å². The van der Waals surface area contributed by atoms with Crippen LogP contribution >= 0.6 is 45.2 Å². The molecule has 0 saturated carbocycles. The largest absolute Gasteiger partial charge is 0.387 e. The van der Waals surface area contributed by atoms with Crippen LogP contribution in [0.1, 0.15) is 55.5 Å².